The molecule has 1 aromatic carbocycles. The summed E-state index contributed by atoms with van der Waals surface area (Å²) in [4.78, 5) is 20.3. The van der Waals surface area contributed by atoms with E-state index in [4.69, 9.17) is 5.73 Å². The Morgan fingerprint density at radius 1 is 1.25 bits per heavy atom. The number of hydrogen-bond donors (Lipinski definition) is 2. The van der Waals surface area contributed by atoms with Crippen LogP contribution in [0.1, 0.15) is 31.7 Å². The molecule has 8 heteroatoms. The molecule has 1 aromatic rings. The first-order chi connectivity index (χ1) is 9.23. The van der Waals surface area contributed by atoms with Crippen molar-refractivity contribution in [2.45, 2.75) is 32.4 Å². The summed E-state index contributed by atoms with van der Waals surface area (Å²) in [5.41, 5.74) is 4.94. The Hall–Kier alpha value is -2.06. The van der Waals surface area contributed by atoms with Crippen LogP contribution >= 0.6 is 0 Å². The summed E-state index contributed by atoms with van der Waals surface area (Å²) in [7, 11) is 0. The van der Waals surface area contributed by atoms with Gasteiger partial charge in [0, 0.05) is 17.5 Å². The van der Waals surface area contributed by atoms with Gasteiger partial charge in [-0.25, -0.2) is 0 Å². The van der Waals surface area contributed by atoms with E-state index in [-0.39, 0.29) is 17.2 Å². The highest BCUT2D eigenvalue weighted by Crippen LogP contribution is 2.34. The van der Waals surface area contributed by atoms with E-state index in [0.717, 1.165) is 6.07 Å². The second-order valence-electron chi connectivity index (χ2n) is 4.98. The molecule has 8 nitrogen and oxygen atoms in total. The van der Waals surface area contributed by atoms with E-state index in [1.807, 2.05) is 13.8 Å². The molecule has 0 aliphatic rings. The molecule has 0 amide bonds. The van der Waals surface area contributed by atoms with Crippen LogP contribution in [0.15, 0.2) is 18.2 Å². The van der Waals surface area contributed by atoms with Gasteiger partial charge in [-0.15, -0.1) is 0 Å². The molecule has 0 aromatic heterocycles. The quantitative estimate of drug-likeness (QED) is 0.465. The Kier molecular flexibility index (Phi) is 5.12. The fourth-order valence-corrected chi connectivity index (χ4v) is 2.08. The van der Waals surface area contributed by atoms with Crippen molar-refractivity contribution in [1.29, 1.82) is 0 Å². The first-order valence-corrected chi connectivity index (χ1v) is 6.10. The number of nitro groups is 2. The maximum atomic E-state index is 11.1. The Bertz CT molecular complexity index is 516. The predicted molar refractivity (Wildman–Crippen MR) is 72.1 cm³/mol. The summed E-state index contributed by atoms with van der Waals surface area (Å²) in [6, 6.07) is 3.36. The van der Waals surface area contributed by atoms with Gasteiger partial charge < -0.3 is 10.8 Å². The highest BCUT2D eigenvalue weighted by atomic mass is 16.6. The summed E-state index contributed by atoms with van der Waals surface area (Å²) >= 11 is 0. The first kappa shape index (κ1) is 16.0. The molecular weight excluding hydrogens is 266 g/mol. The monoisotopic (exact) mass is 283 g/mol. The van der Waals surface area contributed by atoms with E-state index >= 15 is 0 Å². The fraction of sp³-hybridized carbons (Fsp3) is 0.500. The van der Waals surface area contributed by atoms with Gasteiger partial charge in [-0.2, -0.15) is 0 Å². The molecule has 0 fully saturated rings. The van der Waals surface area contributed by atoms with Gasteiger partial charge in [-0.1, -0.05) is 13.8 Å². The lowest BCUT2D eigenvalue weighted by atomic mass is 9.88. The van der Waals surface area contributed by atoms with Crippen LogP contribution < -0.4 is 5.73 Å². The van der Waals surface area contributed by atoms with Crippen LogP contribution in [0.2, 0.25) is 0 Å². The highest BCUT2D eigenvalue weighted by molar-refractivity contribution is 5.51. The van der Waals surface area contributed by atoms with Crippen LogP contribution in [0.4, 0.5) is 11.4 Å². The third-order valence-corrected chi connectivity index (χ3v) is 2.96. The van der Waals surface area contributed by atoms with E-state index < -0.39 is 27.7 Å². The van der Waals surface area contributed by atoms with Gasteiger partial charge in [0.2, 0.25) is 0 Å². The van der Waals surface area contributed by atoms with E-state index in [2.05, 4.69) is 0 Å². The minimum absolute atomic E-state index is 0.160. The number of nitrogens with zero attached hydrogens (tertiary/aromatic N) is 2. The minimum Gasteiger partial charge on any atom is -0.378 e. The molecule has 0 saturated heterocycles. The van der Waals surface area contributed by atoms with Crippen molar-refractivity contribution in [3.8, 4) is 0 Å². The summed E-state index contributed by atoms with van der Waals surface area (Å²) in [6.45, 7) is 3.79. The van der Waals surface area contributed by atoms with Crippen molar-refractivity contribution in [2.75, 3.05) is 0 Å². The summed E-state index contributed by atoms with van der Waals surface area (Å²) in [5.74, 6) is -0.482. The minimum atomic E-state index is -1.27. The number of hydrogen-bond acceptors (Lipinski definition) is 6. The molecule has 0 aliphatic heterocycles. The lowest BCUT2D eigenvalue weighted by Crippen LogP contribution is -2.29. The van der Waals surface area contributed by atoms with Crippen LogP contribution in [0.5, 0.6) is 0 Å². The number of nitro benzene ring substituents is 2. The number of non-ortho nitro benzene ring substituents is 1. The molecule has 2 unspecified atom stereocenters. The number of rotatable bonds is 6. The number of nitrogens with two attached hydrogens (primary N) is 1. The molecule has 0 bridgehead atoms. The molecule has 1 rings (SSSR count). The SMILES string of the molecule is CC(C)CC(c1ccc([N+](=O)[O-])cc1[N+](=O)[O-])C(N)O. The molecule has 2 atom stereocenters. The smallest absolute Gasteiger partial charge is 0.279 e. The Balaban J connectivity index is 3.33. The van der Waals surface area contributed by atoms with Crippen molar-refractivity contribution in [2.24, 2.45) is 11.7 Å². The molecule has 3 N–H and O–H groups in total. The summed E-state index contributed by atoms with van der Waals surface area (Å²) in [5, 5.41) is 31.4. The van der Waals surface area contributed by atoms with Crippen LogP contribution in [0, 0.1) is 26.1 Å². The van der Waals surface area contributed by atoms with Crippen molar-refractivity contribution < 1.29 is 15.0 Å². The van der Waals surface area contributed by atoms with Gasteiger partial charge in [-0.05, 0) is 18.4 Å². The molecule has 0 aliphatic carbocycles. The first-order valence-electron chi connectivity index (χ1n) is 6.10. The zero-order chi connectivity index (χ0) is 15.4. The van der Waals surface area contributed by atoms with E-state index in [9.17, 15) is 25.3 Å². The van der Waals surface area contributed by atoms with Gasteiger partial charge in [0.1, 0.15) is 6.23 Å². The Morgan fingerprint density at radius 2 is 1.85 bits per heavy atom. The molecule has 110 valence electrons. The van der Waals surface area contributed by atoms with Crippen LogP contribution in [-0.4, -0.2) is 21.2 Å². The average Bonchev–Trinajstić information content (AvgIpc) is 2.34. The van der Waals surface area contributed by atoms with Crippen LogP contribution in [0.25, 0.3) is 0 Å². The van der Waals surface area contributed by atoms with Gasteiger partial charge in [0.15, 0.2) is 0 Å². The molecule has 0 spiro atoms. The zero-order valence-corrected chi connectivity index (χ0v) is 11.2. The van der Waals surface area contributed by atoms with E-state index in [1.165, 1.54) is 12.1 Å². The average molecular weight is 283 g/mol. The van der Waals surface area contributed by atoms with E-state index in [0.29, 0.717) is 6.42 Å². The maximum absolute atomic E-state index is 11.1. The largest absolute Gasteiger partial charge is 0.378 e. The van der Waals surface area contributed by atoms with Crippen molar-refractivity contribution in [1.82, 2.24) is 0 Å². The third-order valence-electron chi connectivity index (χ3n) is 2.96. The highest BCUT2D eigenvalue weighted by Gasteiger charge is 2.28. The number of aliphatic hydroxyl groups excluding tert-OH is 1. The van der Waals surface area contributed by atoms with E-state index in [1.54, 1.807) is 0 Å². The van der Waals surface area contributed by atoms with Gasteiger partial charge in [-0.3, -0.25) is 20.2 Å². The van der Waals surface area contributed by atoms with Crippen molar-refractivity contribution >= 4 is 11.4 Å². The molecule has 20 heavy (non-hydrogen) atoms. The lowest BCUT2D eigenvalue weighted by Gasteiger charge is -2.21. The predicted octanol–water partition coefficient (Wildman–Crippen LogP) is 1.91. The second-order valence-corrected chi connectivity index (χ2v) is 4.98. The summed E-state index contributed by atoms with van der Waals surface area (Å²) < 4.78 is 0. The second kappa shape index (κ2) is 6.40. The van der Waals surface area contributed by atoms with Gasteiger partial charge in [0.25, 0.3) is 11.4 Å². The molecule has 0 radical (unpaired) electrons. The van der Waals surface area contributed by atoms with Gasteiger partial charge >= 0.3 is 0 Å². The summed E-state index contributed by atoms with van der Waals surface area (Å²) in [6.07, 6.45) is -0.825. The molecular formula is C12H17N3O5. The molecule has 0 heterocycles. The Morgan fingerprint density at radius 3 is 2.25 bits per heavy atom. The van der Waals surface area contributed by atoms with Crippen LogP contribution in [-0.2, 0) is 0 Å². The normalized spacial score (nSPS) is 14.1. The number of benzene rings is 1. The maximum Gasteiger partial charge on any atom is 0.279 e. The standard InChI is InChI=1S/C12H17N3O5/c1-7(2)5-10(12(13)16)9-4-3-8(14(17)18)6-11(9)15(19)20/h3-4,6-7,10,12,16H,5,13H2,1-2H3. The van der Waals surface area contributed by atoms with Crippen LogP contribution in [0.3, 0.4) is 0 Å². The molecule has 0 saturated carbocycles. The van der Waals surface area contributed by atoms with Gasteiger partial charge in [0.05, 0.1) is 15.9 Å². The zero-order valence-electron chi connectivity index (χ0n) is 11.2. The third kappa shape index (κ3) is 3.72. The fourth-order valence-electron chi connectivity index (χ4n) is 2.08. The topological polar surface area (TPSA) is 133 Å². The van der Waals surface area contributed by atoms with Crippen molar-refractivity contribution in [3.05, 3.63) is 44.0 Å². The Labute approximate surface area is 115 Å². The van der Waals surface area contributed by atoms with Crippen molar-refractivity contribution in [3.63, 3.8) is 0 Å². The lowest BCUT2D eigenvalue weighted by molar-refractivity contribution is -0.394. The number of aliphatic hydroxyl groups is 1.